The quantitative estimate of drug-likeness (QED) is 0.384. The molecule has 1 heterocycles. The van der Waals surface area contributed by atoms with Crippen LogP contribution in [0.4, 0.5) is 0 Å². The van der Waals surface area contributed by atoms with Gasteiger partial charge in [-0.05, 0) is 81.1 Å². The molecule has 0 unspecified atom stereocenters. The second-order valence-electron chi connectivity index (χ2n) is 7.63. The lowest BCUT2D eigenvalue weighted by Crippen LogP contribution is -2.38. The summed E-state index contributed by atoms with van der Waals surface area (Å²) in [4.78, 5) is 16.5. The molecule has 1 aliphatic rings. The van der Waals surface area contributed by atoms with Crippen LogP contribution in [0.15, 0.2) is 52.5 Å². The lowest BCUT2D eigenvalue weighted by Gasteiger charge is -2.26. The molecule has 34 heavy (non-hydrogen) atoms. The van der Waals surface area contributed by atoms with Gasteiger partial charge in [0.1, 0.15) is 5.75 Å². The summed E-state index contributed by atoms with van der Waals surface area (Å²) in [6, 6.07) is 11.1. The van der Waals surface area contributed by atoms with Gasteiger partial charge >= 0.3 is 0 Å². The normalized spacial score (nSPS) is 14.1. The molecule has 0 bridgehead atoms. The maximum Gasteiger partial charge on any atom is 0.276 e. The van der Waals surface area contributed by atoms with Crippen LogP contribution >= 0.6 is 0 Å². The van der Waals surface area contributed by atoms with E-state index in [1.54, 1.807) is 30.3 Å². The highest BCUT2D eigenvalue weighted by atomic mass is 32.2. The van der Waals surface area contributed by atoms with Crippen molar-refractivity contribution >= 4 is 22.1 Å². The highest BCUT2D eigenvalue weighted by molar-refractivity contribution is 7.89. The van der Waals surface area contributed by atoms with Crippen molar-refractivity contribution in [3.63, 3.8) is 0 Å². The minimum Gasteiger partial charge on any atom is -0.494 e. The van der Waals surface area contributed by atoms with E-state index in [4.69, 9.17) is 14.2 Å². The molecule has 184 valence electrons. The van der Waals surface area contributed by atoms with Gasteiger partial charge in [0.05, 0.1) is 24.3 Å². The molecular formula is C24H31N3O6S. The molecule has 0 aromatic heterocycles. The fraction of sp³-hybridized carbons (Fsp3) is 0.417. The van der Waals surface area contributed by atoms with E-state index in [-0.39, 0.29) is 17.4 Å². The Balaban J connectivity index is 1.62. The van der Waals surface area contributed by atoms with Crippen molar-refractivity contribution in [3.05, 3.63) is 48.0 Å². The second kappa shape index (κ2) is 12.3. The monoisotopic (exact) mass is 489 g/mol. The van der Waals surface area contributed by atoms with Crippen LogP contribution in [0.3, 0.4) is 0 Å². The Morgan fingerprint density at radius 1 is 0.971 bits per heavy atom. The Morgan fingerprint density at radius 3 is 2.35 bits per heavy atom. The first-order chi connectivity index (χ1) is 16.4. The first kappa shape index (κ1) is 25.4. The molecule has 10 heteroatoms. The molecule has 9 nitrogen and oxygen atoms in total. The SMILES string of the molecule is CCOc1ccc(S(=O)(=O)N/N=C/c2ccc(OCC(=O)N3CCCCC3)c(OCC)c2)cc1. The number of carbonyl (C=O) groups excluding carboxylic acids is 1. The van der Waals surface area contributed by atoms with Gasteiger partial charge < -0.3 is 19.1 Å². The number of carbonyl (C=O) groups is 1. The second-order valence-corrected chi connectivity index (χ2v) is 9.29. The number of benzene rings is 2. The van der Waals surface area contributed by atoms with E-state index >= 15 is 0 Å². The number of ether oxygens (including phenoxy) is 3. The van der Waals surface area contributed by atoms with Crippen molar-refractivity contribution in [2.75, 3.05) is 32.9 Å². The van der Waals surface area contributed by atoms with Gasteiger partial charge in [-0.2, -0.15) is 13.5 Å². The summed E-state index contributed by atoms with van der Waals surface area (Å²) in [7, 11) is -3.82. The lowest BCUT2D eigenvalue weighted by molar-refractivity contribution is -0.134. The molecule has 1 aliphatic heterocycles. The average Bonchev–Trinajstić information content (AvgIpc) is 2.84. The lowest BCUT2D eigenvalue weighted by atomic mass is 10.1. The standard InChI is InChI=1S/C24H31N3O6S/c1-3-31-20-9-11-21(12-10-20)34(29,30)26-25-17-19-8-13-22(23(16-19)32-4-2)33-18-24(28)27-14-6-5-7-15-27/h8-13,16-17,26H,3-7,14-15,18H2,1-2H3/b25-17+. The maximum absolute atomic E-state index is 12.4. The molecule has 0 atom stereocenters. The van der Waals surface area contributed by atoms with Gasteiger partial charge in [-0.3, -0.25) is 4.79 Å². The molecule has 0 spiro atoms. The van der Waals surface area contributed by atoms with Crippen LogP contribution < -0.4 is 19.0 Å². The third-order valence-corrected chi connectivity index (χ3v) is 6.40. The van der Waals surface area contributed by atoms with Gasteiger partial charge in [-0.15, -0.1) is 0 Å². The fourth-order valence-electron chi connectivity index (χ4n) is 3.47. The molecule has 0 radical (unpaired) electrons. The van der Waals surface area contributed by atoms with Crippen LogP contribution in [0, 0.1) is 0 Å². The van der Waals surface area contributed by atoms with E-state index < -0.39 is 10.0 Å². The van der Waals surface area contributed by atoms with Crippen molar-refractivity contribution in [1.82, 2.24) is 9.73 Å². The summed E-state index contributed by atoms with van der Waals surface area (Å²) in [5, 5.41) is 3.86. The van der Waals surface area contributed by atoms with Gasteiger partial charge in [0.15, 0.2) is 18.1 Å². The van der Waals surface area contributed by atoms with Crippen molar-refractivity contribution in [2.24, 2.45) is 5.10 Å². The van der Waals surface area contributed by atoms with Crippen molar-refractivity contribution in [3.8, 4) is 17.2 Å². The molecule has 1 saturated heterocycles. The van der Waals surface area contributed by atoms with E-state index in [9.17, 15) is 13.2 Å². The number of likely N-dealkylation sites (tertiary alicyclic amines) is 1. The topological polar surface area (TPSA) is 107 Å². The summed E-state index contributed by atoms with van der Waals surface area (Å²) >= 11 is 0. The third kappa shape index (κ3) is 7.11. The summed E-state index contributed by atoms with van der Waals surface area (Å²) in [5.74, 6) is 1.44. The predicted octanol–water partition coefficient (Wildman–Crippen LogP) is 3.19. The van der Waals surface area contributed by atoms with Crippen LogP contribution in [0.1, 0.15) is 38.7 Å². The predicted molar refractivity (Wildman–Crippen MR) is 129 cm³/mol. The van der Waals surface area contributed by atoms with Crippen LogP contribution in [0.5, 0.6) is 17.2 Å². The van der Waals surface area contributed by atoms with Crippen LogP contribution in [0.25, 0.3) is 0 Å². The zero-order valence-electron chi connectivity index (χ0n) is 19.5. The van der Waals surface area contributed by atoms with Gasteiger partial charge in [-0.25, -0.2) is 4.83 Å². The molecule has 0 saturated carbocycles. The molecule has 0 aliphatic carbocycles. The summed E-state index contributed by atoms with van der Waals surface area (Å²) in [5.41, 5.74) is 0.604. The van der Waals surface area contributed by atoms with Gasteiger partial charge in [-0.1, -0.05) is 0 Å². The number of sulfonamides is 1. The van der Waals surface area contributed by atoms with E-state index in [2.05, 4.69) is 9.93 Å². The number of nitrogens with one attached hydrogen (secondary N) is 1. The first-order valence-electron chi connectivity index (χ1n) is 11.4. The Labute approximate surface area is 200 Å². The highest BCUT2D eigenvalue weighted by Gasteiger charge is 2.18. The fourth-order valence-corrected chi connectivity index (χ4v) is 4.26. The summed E-state index contributed by atoms with van der Waals surface area (Å²) in [6.07, 6.45) is 4.56. The Kier molecular flexibility index (Phi) is 9.15. The smallest absolute Gasteiger partial charge is 0.276 e. The van der Waals surface area contributed by atoms with E-state index in [0.717, 1.165) is 32.4 Å². The van der Waals surface area contributed by atoms with Crippen molar-refractivity contribution in [2.45, 2.75) is 38.0 Å². The molecule has 2 aromatic rings. The molecule has 1 amide bonds. The number of hydrogen-bond donors (Lipinski definition) is 1. The van der Waals surface area contributed by atoms with Crippen LogP contribution in [-0.2, 0) is 14.8 Å². The van der Waals surface area contributed by atoms with E-state index in [1.807, 2.05) is 18.7 Å². The third-order valence-electron chi connectivity index (χ3n) is 5.16. The van der Waals surface area contributed by atoms with Crippen LogP contribution in [0.2, 0.25) is 0 Å². The van der Waals surface area contributed by atoms with Crippen molar-refractivity contribution < 1.29 is 27.4 Å². The average molecular weight is 490 g/mol. The Hall–Kier alpha value is -3.27. The Bertz CT molecular complexity index is 1080. The number of piperidine rings is 1. The van der Waals surface area contributed by atoms with Gasteiger partial charge in [0, 0.05) is 13.1 Å². The zero-order chi connectivity index (χ0) is 24.4. The number of hydrazone groups is 1. The maximum atomic E-state index is 12.4. The van der Waals surface area contributed by atoms with Crippen LogP contribution in [-0.4, -0.2) is 58.3 Å². The van der Waals surface area contributed by atoms with E-state index in [0.29, 0.717) is 36.0 Å². The van der Waals surface area contributed by atoms with Gasteiger partial charge in [0.25, 0.3) is 15.9 Å². The van der Waals surface area contributed by atoms with Crippen molar-refractivity contribution in [1.29, 1.82) is 0 Å². The minimum absolute atomic E-state index is 0.0449. The van der Waals surface area contributed by atoms with E-state index in [1.165, 1.54) is 18.3 Å². The summed E-state index contributed by atoms with van der Waals surface area (Å²) < 4.78 is 41.6. The molecule has 1 N–H and O–H groups in total. The number of hydrogen-bond acceptors (Lipinski definition) is 7. The largest absolute Gasteiger partial charge is 0.494 e. The molecule has 2 aromatic carbocycles. The molecular weight excluding hydrogens is 458 g/mol. The highest BCUT2D eigenvalue weighted by Crippen LogP contribution is 2.28. The first-order valence-corrected chi connectivity index (χ1v) is 12.9. The van der Waals surface area contributed by atoms with Gasteiger partial charge in [0.2, 0.25) is 0 Å². The molecule has 1 fully saturated rings. The minimum atomic E-state index is -3.82. The Morgan fingerprint density at radius 2 is 1.68 bits per heavy atom. The zero-order valence-corrected chi connectivity index (χ0v) is 20.3. The number of nitrogens with zero attached hydrogens (tertiary/aromatic N) is 2. The number of rotatable bonds is 11. The summed E-state index contributed by atoms with van der Waals surface area (Å²) in [6.45, 7) is 6.07. The molecule has 3 rings (SSSR count). The number of amides is 1.